The minimum absolute atomic E-state index is 0.207. The highest BCUT2D eigenvalue weighted by Crippen LogP contribution is 2.46. The van der Waals surface area contributed by atoms with E-state index in [-0.39, 0.29) is 11.1 Å². The molecular formula is C58H38O6. The largest absolute Gasteiger partial charge is 0.473 e. The molecule has 0 amide bonds. The number of carbonyl (C=O) groups is 2. The fraction of sp³-hybridized carbons (Fsp3) is 0.0345. The molecule has 0 bridgehead atoms. The van der Waals surface area contributed by atoms with Crippen molar-refractivity contribution in [2.24, 2.45) is 0 Å². The summed E-state index contributed by atoms with van der Waals surface area (Å²) in [5.74, 6) is 0.922. The van der Waals surface area contributed by atoms with Gasteiger partial charge in [-0.25, -0.2) is 9.59 Å². The molecule has 0 aromatic heterocycles. The van der Waals surface area contributed by atoms with Crippen LogP contribution >= 0.6 is 0 Å². The van der Waals surface area contributed by atoms with Gasteiger partial charge in [0, 0.05) is 33.4 Å². The maximum Gasteiger partial charge on any atom is 0.343 e. The Hall–Kier alpha value is -8.48. The lowest BCUT2D eigenvalue weighted by Gasteiger charge is -2.36. The number of hydrogen-bond donors (Lipinski definition) is 0. The first-order chi connectivity index (χ1) is 31.5. The first-order valence-corrected chi connectivity index (χ1v) is 21.1. The van der Waals surface area contributed by atoms with E-state index in [1.807, 2.05) is 121 Å². The van der Waals surface area contributed by atoms with Crippen molar-refractivity contribution in [2.75, 3.05) is 0 Å². The monoisotopic (exact) mass is 830 g/mol. The van der Waals surface area contributed by atoms with E-state index in [9.17, 15) is 9.59 Å². The molecule has 11 rings (SSSR count). The molecule has 6 nitrogen and oxygen atoms in total. The molecule has 0 radical (unpaired) electrons. The fourth-order valence-corrected chi connectivity index (χ4v) is 8.87. The molecule has 0 N–H and O–H groups in total. The summed E-state index contributed by atoms with van der Waals surface area (Å²) >= 11 is 0. The van der Waals surface area contributed by atoms with Crippen molar-refractivity contribution < 1.29 is 28.5 Å². The molecule has 64 heavy (non-hydrogen) atoms. The van der Waals surface area contributed by atoms with E-state index >= 15 is 0 Å². The number of benzene rings is 9. The van der Waals surface area contributed by atoms with Gasteiger partial charge in [-0.15, -0.1) is 0 Å². The molecule has 0 atom stereocenters. The fourth-order valence-electron chi connectivity index (χ4n) is 8.87. The Kier molecular flexibility index (Phi) is 9.47. The molecule has 0 fully saturated rings. The van der Waals surface area contributed by atoms with Crippen LogP contribution in [0.4, 0.5) is 0 Å². The lowest BCUT2D eigenvalue weighted by molar-refractivity contribution is 0.0734. The lowest BCUT2D eigenvalue weighted by atomic mass is 9.83. The molecule has 2 aliphatic rings. The average Bonchev–Trinajstić information content (AvgIpc) is 3.37. The molecule has 0 spiro atoms. The number of hydrogen-bond acceptors (Lipinski definition) is 6. The summed E-state index contributed by atoms with van der Waals surface area (Å²) in [6.07, 6.45) is 8.34. The summed E-state index contributed by atoms with van der Waals surface area (Å²) in [6, 6.07) is 66.0. The molecule has 6 heteroatoms. The van der Waals surface area contributed by atoms with E-state index in [1.54, 1.807) is 30.3 Å². The predicted octanol–water partition coefficient (Wildman–Crippen LogP) is 13.1. The van der Waals surface area contributed by atoms with E-state index in [0.29, 0.717) is 23.0 Å². The Morgan fingerprint density at radius 1 is 0.375 bits per heavy atom. The minimum atomic E-state index is -0.821. The molecule has 9 aromatic carbocycles. The zero-order chi connectivity index (χ0) is 43.1. The van der Waals surface area contributed by atoms with Crippen LogP contribution in [0, 0.1) is 0 Å². The predicted molar refractivity (Wildman–Crippen MR) is 251 cm³/mol. The highest BCUT2D eigenvalue weighted by atomic mass is 16.5. The SMILES string of the molecule is O=C(Oc1ccc2ccc3c(c2c1)C=CC(c1ccccc1)(c1ccccc1)O3)c1cccc(C(=O)Oc2ccc3ccc4c(c3c2)C=CC(c2ccccc2)(c2ccccc2)O4)c1. The van der Waals surface area contributed by atoms with Crippen LogP contribution in [0.5, 0.6) is 23.0 Å². The Morgan fingerprint density at radius 3 is 1.11 bits per heavy atom. The smallest absolute Gasteiger partial charge is 0.343 e. The lowest BCUT2D eigenvalue weighted by Crippen LogP contribution is -2.34. The van der Waals surface area contributed by atoms with E-state index in [4.69, 9.17) is 18.9 Å². The van der Waals surface area contributed by atoms with Crippen molar-refractivity contribution in [1.29, 1.82) is 0 Å². The Balaban J connectivity index is 0.834. The second-order valence-electron chi connectivity index (χ2n) is 15.9. The van der Waals surface area contributed by atoms with Crippen LogP contribution in [0.2, 0.25) is 0 Å². The van der Waals surface area contributed by atoms with E-state index in [1.165, 1.54) is 6.07 Å². The Bertz CT molecular complexity index is 3000. The zero-order valence-corrected chi connectivity index (χ0v) is 34.4. The molecule has 2 aliphatic heterocycles. The molecule has 0 unspecified atom stereocenters. The van der Waals surface area contributed by atoms with Crippen molar-refractivity contribution >= 4 is 45.6 Å². The molecule has 0 saturated carbocycles. The number of fused-ring (bicyclic) bond motifs is 6. The van der Waals surface area contributed by atoms with Gasteiger partial charge >= 0.3 is 11.9 Å². The van der Waals surface area contributed by atoms with Gasteiger partial charge in [0.15, 0.2) is 11.2 Å². The first kappa shape index (κ1) is 38.4. The number of ether oxygens (including phenoxy) is 4. The molecule has 9 aromatic rings. The maximum atomic E-state index is 13.6. The molecule has 306 valence electrons. The van der Waals surface area contributed by atoms with Crippen LogP contribution < -0.4 is 18.9 Å². The molecule has 0 aliphatic carbocycles. The third-order valence-corrected chi connectivity index (χ3v) is 12.1. The van der Waals surface area contributed by atoms with Crippen LogP contribution in [-0.2, 0) is 11.2 Å². The van der Waals surface area contributed by atoms with Crippen LogP contribution in [0.25, 0.3) is 33.7 Å². The van der Waals surface area contributed by atoms with Gasteiger partial charge in [-0.05, 0) is 100 Å². The standard InChI is InChI=1S/C58H38O6/c59-55(61-47-28-24-39-26-30-53-49(51(39)37-47)32-34-57(63-53,43-16-5-1-6-17-43)44-18-7-2-8-19-44)41-14-13-15-42(36-41)56(60)62-48-29-25-40-27-31-54-50(52(40)38-48)33-35-58(64-54,45-20-9-3-10-21-45)46-22-11-4-12-23-46/h1-38H. The van der Waals surface area contributed by atoms with Crippen LogP contribution in [0.3, 0.4) is 0 Å². The number of esters is 2. The van der Waals surface area contributed by atoms with Crippen LogP contribution in [0.15, 0.2) is 218 Å². The first-order valence-electron chi connectivity index (χ1n) is 21.1. The summed E-state index contributed by atoms with van der Waals surface area (Å²) in [5.41, 5.74) is 4.57. The van der Waals surface area contributed by atoms with Gasteiger partial charge in [-0.3, -0.25) is 0 Å². The van der Waals surface area contributed by atoms with Crippen molar-refractivity contribution in [3.63, 3.8) is 0 Å². The van der Waals surface area contributed by atoms with Gasteiger partial charge in [0.05, 0.1) is 11.1 Å². The highest BCUT2D eigenvalue weighted by molar-refractivity contribution is 5.99. The molecular weight excluding hydrogens is 793 g/mol. The Morgan fingerprint density at radius 2 is 0.734 bits per heavy atom. The van der Waals surface area contributed by atoms with Gasteiger partial charge in [0.2, 0.25) is 0 Å². The van der Waals surface area contributed by atoms with Gasteiger partial charge in [-0.1, -0.05) is 152 Å². The van der Waals surface area contributed by atoms with E-state index < -0.39 is 23.1 Å². The minimum Gasteiger partial charge on any atom is -0.473 e. The van der Waals surface area contributed by atoms with Crippen molar-refractivity contribution in [3.05, 3.63) is 263 Å². The van der Waals surface area contributed by atoms with E-state index in [0.717, 1.165) is 54.9 Å². The number of carbonyl (C=O) groups excluding carboxylic acids is 2. The van der Waals surface area contributed by atoms with Gasteiger partial charge < -0.3 is 18.9 Å². The topological polar surface area (TPSA) is 71.1 Å². The van der Waals surface area contributed by atoms with Gasteiger partial charge in [-0.2, -0.15) is 0 Å². The van der Waals surface area contributed by atoms with Gasteiger partial charge in [0.25, 0.3) is 0 Å². The van der Waals surface area contributed by atoms with Crippen molar-refractivity contribution in [1.82, 2.24) is 0 Å². The van der Waals surface area contributed by atoms with Crippen molar-refractivity contribution in [3.8, 4) is 23.0 Å². The molecule has 0 saturated heterocycles. The summed E-state index contributed by atoms with van der Waals surface area (Å²) in [4.78, 5) is 27.3. The third-order valence-electron chi connectivity index (χ3n) is 12.1. The summed E-state index contributed by atoms with van der Waals surface area (Å²) in [5, 5.41) is 3.68. The summed E-state index contributed by atoms with van der Waals surface area (Å²) in [7, 11) is 0. The van der Waals surface area contributed by atoms with E-state index in [2.05, 4.69) is 72.8 Å². The second kappa shape index (κ2) is 15.8. The maximum absolute atomic E-state index is 13.6. The zero-order valence-electron chi connectivity index (χ0n) is 34.4. The average molecular weight is 831 g/mol. The normalized spacial score (nSPS) is 14.1. The third kappa shape index (κ3) is 6.78. The summed E-state index contributed by atoms with van der Waals surface area (Å²) in [6.45, 7) is 0. The van der Waals surface area contributed by atoms with Crippen molar-refractivity contribution in [2.45, 2.75) is 11.2 Å². The second-order valence-corrected chi connectivity index (χ2v) is 15.9. The highest BCUT2D eigenvalue weighted by Gasteiger charge is 2.38. The number of rotatable bonds is 8. The van der Waals surface area contributed by atoms with Crippen LogP contribution in [-0.4, -0.2) is 11.9 Å². The summed E-state index contributed by atoms with van der Waals surface area (Å²) < 4.78 is 25.7. The van der Waals surface area contributed by atoms with Gasteiger partial charge in [0.1, 0.15) is 23.0 Å². The van der Waals surface area contributed by atoms with Crippen LogP contribution in [0.1, 0.15) is 54.1 Å². The quantitative estimate of drug-likeness (QED) is 0.112. The Labute approximate surface area is 369 Å². The molecule has 2 heterocycles.